The highest BCUT2D eigenvalue weighted by Gasteiger charge is 2.17. The Balaban J connectivity index is 1.90. The average molecular weight is 467 g/mol. The predicted octanol–water partition coefficient (Wildman–Crippen LogP) is 5.67. The monoisotopic (exact) mass is 466 g/mol. The van der Waals surface area contributed by atoms with Crippen molar-refractivity contribution in [2.24, 2.45) is 0 Å². The molecule has 35 heavy (non-hydrogen) atoms. The van der Waals surface area contributed by atoms with E-state index in [1.54, 1.807) is 25.1 Å². The van der Waals surface area contributed by atoms with Gasteiger partial charge in [-0.05, 0) is 65.1 Å². The van der Waals surface area contributed by atoms with Crippen molar-refractivity contribution in [1.29, 1.82) is 0 Å². The summed E-state index contributed by atoms with van der Waals surface area (Å²) in [7, 11) is 2.71. The van der Waals surface area contributed by atoms with E-state index in [2.05, 4.69) is 11.7 Å². The van der Waals surface area contributed by atoms with Crippen molar-refractivity contribution in [1.82, 2.24) is 9.78 Å². The van der Waals surface area contributed by atoms with Crippen LogP contribution in [0, 0.1) is 0 Å². The molecule has 0 spiro atoms. The van der Waals surface area contributed by atoms with Gasteiger partial charge in [0.15, 0.2) is 0 Å². The number of carbonyl (C=O) groups excluding carboxylic acids is 2. The lowest BCUT2D eigenvalue weighted by Gasteiger charge is -2.15. The van der Waals surface area contributed by atoms with Crippen molar-refractivity contribution >= 4 is 28.4 Å². The number of ether oxygens (including phenoxy) is 2. The van der Waals surface area contributed by atoms with E-state index in [4.69, 9.17) is 9.47 Å². The summed E-state index contributed by atoms with van der Waals surface area (Å²) in [5.74, 6) is -0.851. The van der Waals surface area contributed by atoms with Crippen LogP contribution in [0.4, 0.5) is 0 Å². The van der Waals surface area contributed by atoms with Gasteiger partial charge in [0, 0.05) is 17.2 Å². The zero-order valence-corrected chi connectivity index (χ0v) is 19.9. The van der Waals surface area contributed by atoms with E-state index in [1.807, 2.05) is 65.5 Å². The van der Waals surface area contributed by atoms with E-state index in [0.29, 0.717) is 23.3 Å². The van der Waals surface area contributed by atoms with E-state index in [9.17, 15) is 9.59 Å². The molecule has 0 aliphatic carbocycles. The minimum atomic E-state index is -0.430. The largest absolute Gasteiger partial charge is 0.466 e. The topological polar surface area (TPSA) is 70.4 Å². The summed E-state index contributed by atoms with van der Waals surface area (Å²) in [6.45, 7) is 6.13. The molecule has 0 aliphatic heterocycles. The highest BCUT2D eigenvalue weighted by Crippen LogP contribution is 2.31. The van der Waals surface area contributed by atoms with Gasteiger partial charge in [-0.1, -0.05) is 49.1 Å². The maximum Gasteiger partial charge on any atom is 0.338 e. The van der Waals surface area contributed by atoms with E-state index in [1.165, 1.54) is 14.2 Å². The third-order valence-corrected chi connectivity index (χ3v) is 5.85. The summed E-state index contributed by atoms with van der Waals surface area (Å²) >= 11 is 0. The van der Waals surface area contributed by atoms with Gasteiger partial charge in [-0.15, -0.1) is 0 Å². The van der Waals surface area contributed by atoms with E-state index in [0.717, 1.165) is 33.2 Å². The van der Waals surface area contributed by atoms with Crippen LogP contribution in [-0.4, -0.2) is 35.9 Å². The Hall–Kier alpha value is -4.45. The lowest BCUT2D eigenvalue weighted by molar-refractivity contribution is -0.135. The second kappa shape index (κ2) is 10.2. The maximum absolute atomic E-state index is 12.5. The molecule has 0 fully saturated rings. The van der Waals surface area contributed by atoms with Gasteiger partial charge < -0.3 is 9.47 Å². The maximum atomic E-state index is 12.5. The smallest absolute Gasteiger partial charge is 0.338 e. The van der Waals surface area contributed by atoms with Gasteiger partial charge in [-0.2, -0.15) is 5.10 Å². The third-order valence-electron chi connectivity index (χ3n) is 5.85. The molecule has 0 amide bonds. The van der Waals surface area contributed by atoms with Crippen LogP contribution in [0.15, 0.2) is 91.2 Å². The molecule has 0 saturated carbocycles. The fraction of sp³-hybridized carbons (Fsp3) is 0.138. The Bertz CT molecular complexity index is 1430. The van der Waals surface area contributed by atoms with Crippen molar-refractivity contribution in [3.63, 3.8) is 0 Å². The standard InChI is InChI=1S/C29H26N2O4/c1-5-24(19(2)28(32)34-3)22-14-20(17-31-18-21-10-6-9-13-27(21)30-31)15-23(16-22)25-11-7-8-12-26(25)29(33)35-4/h5-16,18H,1,17H2,2-4H3/b24-19-. The normalized spacial score (nSPS) is 11.6. The summed E-state index contributed by atoms with van der Waals surface area (Å²) in [6, 6.07) is 21.2. The van der Waals surface area contributed by atoms with Crippen molar-refractivity contribution < 1.29 is 19.1 Å². The Labute approximate surface area is 204 Å². The first-order valence-electron chi connectivity index (χ1n) is 11.1. The molecule has 176 valence electrons. The Morgan fingerprint density at radius 1 is 1.00 bits per heavy atom. The molecule has 0 atom stereocenters. The number of methoxy groups -OCH3 is 2. The number of nitrogens with zero attached hydrogens (tertiary/aromatic N) is 2. The lowest BCUT2D eigenvalue weighted by atomic mass is 9.92. The van der Waals surface area contributed by atoms with Gasteiger partial charge in [0.2, 0.25) is 0 Å². The molecule has 3 aromatic carbocycles. The predicted molar refractivity (Wildman–Crippen MR) is 137 cm³/mol. The summed E-state index contributed by atoms with van der Waals surface area (Å²) in [5, 5.41) is 5.73. The van der Waals surface area contributed by atoms with Crippen LogP contribution < -0.4 is 0 Å². The molecular weight excluding hydrogens is 440 g/mol. The van der Waals surface area contributed by atoms with Gasteiger partial charge in [0.1, 0.15) is 0 Å². The van der Waals surface area contributed by atoms with Gasteiger partial charge >= 0.3 is 11.9 Å². The fourth-order valence-corrected chi connectivity index (χ4v) is 4.15. The number of hydrogen-bond acceptors (Lipinski definition) is 5. The summed E-state index contributed by atoms with van der Waals surface area (Å²) in [5.41, 5.74) is 5.73. The Morgan fingerprint density at radius 2 is 1.74 bits per heavy atom. The summed E-state index contributed by atoms with van der Waals surface area (Å²) in [6.07, 6.45) is 3.64. The highest BCUT2D eigenvalue weighted by atomic mass is 16.5. The van der Waals surface area contributed by atoms with Crippen LogP contribution in [0.3, 0.4) is 0 Å². The number of aromatic nitrogens is 2. The number of carbonyl (C=O) groups is 2. The van der Waals surface area contributed by atoms with E-state index in [-0.39, 0.29) is 0 Å². The van der Waals surface area contributed by atoms with Crippen molar-refractivity contribution in [3.05, 3.63) is 108 Å². The molecule has 6 heteroatoms. The molecule has 0 unspecified atom stereocenters. The first-order valence-corrected chi connectivity index (χ1v) is 11.1. The fourth-order valence-electron chi connectivity index (χ4n) is 4.15. The van der Waals surface area contributed by atoms with Gasteiger partial charge in [0.05, 0.1) is 31.8 Å². The third kappa shape index (κ3) is 4.92. The zero-order valence-electron chi connectivity index (χ0n) is 19.9. The second-order valence-corrected chi connectivity index (χ2v) is 8.08. The number of hydrogen-bond donors (Lipinski definition) is 0. The summed E-state index contributed by atoms with van der Waals surface area (Å²) < 4.78 is 11.8. The van der Waals surface area contributed by atoms with Crippen molar-refractivity contribution in [3.8, 4) is 11.1 Å². The molecule has 0 N–H and O–H groups in total. The molecular formula is C29H26N2O4. The number of benzene rings is 3. The first-order chi connectivity index (χ1) is 16.9. The van der Waals surface area contributed by atoms with Gasteiger partial charge in [0.25, 0.3) is 0 Å². The minimum Gasteiger partial charge on any atom is -0.466 e. The molecule has 6 nitrogen and oxygen atoms in total. The minimum absolute atomic E-state index is 0.420. The van der Waals surface area contributed by atoms with Crippen LogP contribution in [0.5, 0.6) is 0 Å². The van der Waals surface area contributed by atoms with Crippen molar-refractivity contribution in [2.75, 3.05) is 14.2 Å². The van der Waals surface area contributed by atoms with E-state index < -0.39 is 11.9 Å². The SMILES string of the molecule is C=C/C(=C(\C)C(=O)OC)c1cc(Cn2cc3ccccc3n2)cc(-c2ccccc2C(=O)OC)c1. The molecule has 0 saturated heterocycles. The lowest BCUT2D eigenvalue weighted by Crippen LogP contribution is -2.06. The number of allylic oxidation sites excluding steroid dienone is 2. The molecule has 0 aliphatic rings. The van der Waals surface area contributed by atoms with Crippen LogP contribution in [0.1, 0.15) is 28.4 Å². The highest BCUT2D eigenvalue weighted by molar-refractivity contribution is 6.01. The Morgan fingerprint density at radius 3 is 2.46 bits per heavy atom. The van der Waals surface area contributed by atoms with Gasteiger partial charge in [-0.3, -0.25) is 4.68 Å². The second-order valence-electron chi connectivity index (χ2n) is 8.08. The quantitative estimate of drug-likeness (QED) is 0.199. The van der Waals surface area contributed by atoms with Crippen LogP contribution in [0.25, 0.3) is 27.6 Å². The van der Waals surface area contributed by atoms with Gasteiger partial charge in [-0.25, -0.2) is 9.59 Å². The number of rotatable bonds is 7. The zero-order chi connectivity index (χ0) is 24.9. The van der Waals surface area contributed by atoms with Crippen LogP contribution >= 0.6 is 0 Å². The van der Waals surface area contributed by atoms with E-state index >= 15 is 0 Å². The number of fused-ring (bicyclic) bond motifs is 1. The number of esters is 2. The molecule has 4 aromatic rings. The van der Waals surface area contributed by atoms with Crippen LogP contribution in [-0.2, 0) is 20.8 Å². The average Bonchev–Trinajstić information content (AvgIpc) is 3.30. The molecule has 1 heterocycles. The molecule has 1 aromatic heterocycles. The molecule has 0 radical (unpaired) electrons. The first kappa shape index (κ1) is 23.7. The molecule has 0 bridgehead atoms. The summed E-state index contributed by atoms with van der Waals surface area (Å²) in [4.78, 5) is 24.8. The van der Waals surface area contributed by atoms with Crippen molar-refractivity contribution in [2.45, 2.75) is 13.5 Å². The Kier molecular flexibility index (Phi) is 6.92. The van der Waals surface area contributed by atoms with Crippen LogP contribution in [0.2, 0.25) is 0 Å². The molecule has 4 rings (SSSR count).